The summed E-state index contributed by atoms with van der Waals surface area (Å²) in [7, 11) is 0. The van der Waals surface area contributed by atoms with E-state index in [1.807, 2.05) is 12.1 Å². The average molecular weight is 246 g/mol. The van der Waals surface area contributed by atoms with Crippen molar-refractivity contribution in [3.8, 4) is 0 Å². The summed E-state index contributed by atoms with van der Waals surface area (Å²) >= 11 is 6.12. The number of piperidine rings is 1. The molecule has 0 amide bonds. The van der Waals surface area contributed by atoms with E-state index in [0.717, 1.165) is 11.6 Å². The van der Waals surface area contributed by atoms with Crippen molar-refractivity contribution in [3.63, 3.8) is 0 Å². The molecule has 0 N–H and O–H groups in total. The SMILES string of the molecule is Cl.Clc1ccccc1CN1CCCCC1. The number of hydrogen-bond donors (Lipinski definition) is 0. The van der Waals surface area contributed by atoms with Gasteiger partial charge in [-0.3, -0.25) is 4.90 Å². The first kappa shape index (κ1) is 12.8. The highest BCUT2D eigenvalue weighted by atomic mass is 35.5. The molecule has 0 atom stereocenters. The monoisotopic (exact) mass is 245 g/mol. The van der Waals surface area contributed by atoms with Crippen molar-refractivity contribution in [2.45, 2.75) is 25.8 Å². The third kappa shape index (κ3) is 3.67. The molecule has 84 valence electrons. The van der Waals surface area contributed by atoms with Gasteiger partial charge in [-0.2, -0.15) is 0 Å². The van der Waals surface area contributed by atoms with Gasteiger partial charge in [0.1, 0.15) is 0 Å². The molecule has 0 spiro atoms. The van der Waals surface area contributed by atoms with E-state index >= 15 is 0 Å². The van der Waals surface area contributed by atoms with Gasteiger partial charge >= 0.3 is 0 Å². The van der Waals surface area contributed by atoms with Gasteiger partial charge < -0.3 is 0 Å². The summed E-state index contributed by atoms with van der Waals surface area (Å²) in [6.45, 7) is 3.47. The van der Waals surface area contributed by atoms with Crippen molar-refractivity contribution >= 4 is 24.0 Å². The molecule has 0 aromatic heterocycles. The minimum absolute atomic E-state index is 0. The van der Waals surface area contributed by atoms with E-state index in [4.69, 9.17) is 11.6 Å². The second kappa shape index (κ2) is 6.37. The van der Waals surface area contributed by atoms with Gasteiger partial charge in [-0.05, 0) is 37.6 Å². The van der Waals surface area contributed by atoms with Gasteiger partial charge in [-0.25, -0.2) is 0 Å². The topological polar surface area (TPSA) is 3.24 Å². The fraction of sp³-hybridized carbons (Fsp3) is 0.500. The van der Waals surface area contributed by atoms with Gasteiger partial charge in [0.2, 0.25) is 0 Å². The minimum Gasteiger partial charge on any atom is -0.299 e. The number of rotatable bonds is 2. The van der Waals surface area contributed by atoms with Crippen LogP contribution in [0.4, 0.5) is 0 Å². The molecule has 1 fully saturated rings. The highest BCUT2D eigenvalue weighted by molar-refractivity contribution is 6.31. The highest BCUT2D eigenvalue weighted by Gasteiger charge is 2.11. The largest absolute Gasteiger partial charge is 0.299 e. The van der Waals surface area contributed by atoms with Crippen LogP contribution in [0.15, 0.2) is 24.3 Å². The van der Waals surface area contributed by atoms with Crippen molar-refractivity contribution < 1.29 is 0 Å². The normalized spacial score (nSPS) is 17.1. The zero-order valence-electron chi connectivity index (χ0n) is 8.79. The van der Waals surface area contributed by atoms with Gasteiger partial charge in [0.25, 0.3) is 0 Å². The molecular formula is C12H17Cl2N. The van der Waals surface area contributed by atoms with Crippen LogP contribution in [0, 0.1) is 0 Å². The maximum atomic E-state index is 6.12. The Morgan fingerprint density at radius 2 is 1.73 bits per heavy atom. The molecule has 1 aromatic rings. The minimum atomic E-state index is 0. The summed E-state index contributed by atoms with van der Waals surface area (Å²) in [5, 5.41) is 0.901. The van der Waals surface area contributed by atoms with E-state index in [1.165, 1.54) is 37.9 Å². The molecule has 1 aromatic carbocycles. The molecule has 1 nitrogen and oxygen atoms in total. The van der Waals surface area contributed by atoms with Crippen LogP contribution in [0.1, 0.15) is 24.8 Å². The predicted octanol–water partition coefficient (Wildman–Crippen LogP) is 3.75. The van der Waals surface area contributed by atoms with Crippen LogP contribution in [-0.4, -0.2) is 18.0 Å². The Morgan fingerprint density at radius 3 is 2.40 bits per heavy atom. The molecule has 2 rings (SSSR count). The Kier molecular flexibility index (Phi) is 5.44. The molecular weight excluding hydrogens is 229 g/mol. The summed E-state index contributed by atoms with van der Waals surface area (Å²) in [6.07, 6.45) is 4.06. The standard InChI is InChI=1S/C12H16ClN.ClH/c13-12-7-3-2-6-11(12)10-14-8-4-1-5-9-14;/h2-3,6-7H,1,4-5,8-10H2;1H. The van der Waals surface area contributed by atoms with E-state index in [2.05, 4.69) is 17.0 Å². The zero-order valence-corrected chi connectivity index (χ0v) is 10.4. The van der Waals surface area contributed by atoms with Gasteiger partial charge in [0.05, 0.1) is 0 Å². The second-order valence-corrected chi connectivity index (χ2v) is 4.34. The van der Waals surface area contributed by atoms with Crippen LogP contribution in [0.3, 0.4) is 0 Å². The first-order chi connectivity index (χ1) is 6.86. The number of hydrogen-bond acceptors (Lipinski definition) is 1. The molecule has 1 heterocycles. The Morgan fingerprint density at radius 1 is 1.07 bits per heavy atom. The van der Waals surface area contributed by atoms with Crippen molar-refractivity contribution in [1.29, 1.82) is 0 Å². The highest BCUT2D eigenvalue weighted by Crippen LogP contribution is 2.19. The molecule has 3 heteroatoms. The summed E-state index contributed by atoms with van der Waals surface area (Å²) < 4.78 is 0. The van der Waals surface area contributed by atoms with Crippen molar-refractivity contribution in [2.24, 2.45) is 0 Å². The number of halogens is 2. The maximum absolute atomic E-state index is 6.12. The molecule has 0 saturated carbocycles. The summed E-state index contributed by atoms with van der Waals surface area (Å²) in [5.74, 6) is 0. The third-order valence-electron chi connectivity index (χ3n) is 2.80. The fourth-order valence-corrected chi connectivity index (χ4v) is 2.18. The van der Waals surface area contributed by atoms with Crippen molar-refractivity contribution in [3.05, 3.63) is 34.9 Å². The van der Waals surface area contributed by atoms with Crippen molar-refractivity contribution in [1.82, 2.24) is 4.90 Å². The number of benzene rings is 1. The average Bonchev–Trinajstić information content (AvgIpc) is 2.23. The van der Waals surface area contributed by atoms with E-state index < -0.39 is 0 Å². The number of likely N-dealkylation sites (tertiary alicyclic amines) is 1. The Balaban J connectivity index is 0.00000112. The maximum Gasteiger partial charge on any atom is 0.0451 e. The lowest BCUT2D eigenvalue weighted by Gasteiger charge is -2.26. The van der Waals surface area contributed by atoms with E-state index in [9.17, 15) is 0 Å². The molecule has 1 aliphatic heterocycles. The van der Waals surface area contributed by atoms with Gasteiger partial charge in [0.15, 0.2) is 0 Å². The first-order valence-corrected chi connectivity index (χ1v) is 5.70. The van der Waals surface area contributed by atoms with Crippen LogP contribution in [0.2, 0.25) is 5.02 Å². The Labute approximate surface area is 103 Å². The lowest BCUT2D eigenvalue weighted by molar-refractivity contribution is 0.221. The number of nitrogens with zero attached hydrogens (tertiary/aromatic N) is 1. The van der Waals surface area contributed by atoms with Crippen LogP contribution < -0.4 is 0 Å². The zero-order chi connectivity index (χ0) is 9.80. The van der Waals surface area contributed by atoms with E-state index in [-0.39, 0.29) is 12.4 Å². The summed E-state index contributed by atoms with van der Waals surface area (Å²) in [5.41, 5.74) is 1.26. The lowest BCUT2D eigenvalue weighted by Crippen LogP contribution is -2.29. The van der Waals surface area contributed by atoms with Crippen LogP contribution in [0.25, 0.3) is 0 Å². The summed E-state index contributed by atoms with van der Waals surface area (Å²) in [6, 6.07) is 8.14. The van der Waals surface area contributed by atoms with E-state index in [1.54, 1.807) is 0 Å². The molecule has 0 aliphatic carbocycles. The molecule has 1 saturated heterocycles. The van der Waals surface area contributed by atoms with Crippen LogP contribution in [0.5, 0.6) is 0 Å². The molecule has 1 aliphatic rings. The second-order valence-electron chi connectivity index (χ2n) is 3.93. The summed E-state index contributed by atoms with van der Waals surface area (Å²) in [4.78, 5) is 2.49. The van der Waals surface area contributed by atoms with E-state index in [0.29, 0.717) is 0 Å². The molecule has 0 radical (unpaired) electrons. The first-order valence-electron chi connectivity index (χ1n) is 5.32. The fourth-order valence-electron chi connectivity index (χ4n) is 1.99. The van der Waals surface area contributed by atoms with Gasteiger partial charge in [-0.15, -0.1) is 12.4 Å². The van der Waals surface area contributed by atoms with Gasteiger partial charge in [-0.1, -0.05) is 36.2 Å². The van der Waals surface area contributed by atoms with Crippen LogP contribution in [-0.2, 0) is 6.54 Å². The lowest BCUT2D eigenvalue weighted by atomic mass is 10.1. The predicted molar refractivity (Wildman–Crippen MR) is 67.8 cm³/mol. The van der Waals surface area contributed by atoms with Crippen molar-refractivity contribution in [2.75, 3.05) is 13.1 Å². The smallest absolute Gasteiger partial charge is 0.0451 e. The third-order valence-corrected chi connectivity index (χ3v) is 3.17. The van der Waals surface area contributed by atoms with Gasteiger partial charge in [0, 0.05) is 11.6 Å². The van der Waals surface area contributed by atoms with Crippen LogP contribution >= 0.6 is 24.0 Å². The molecule has 15 heavy (non-hydrogen) atoms. The molecule has 0 unspecified atom stereocenters. The Hall–Kier alpha value is -0.240. The quantitative estimate of drug-likeness (QED) is 0.768. The molecule has 0 bridgehead atoms. The Bertz CT molecular complexity index is 295.